The quantitative estimate of drug-likeness (QED) is 0.741. The van der Waals surface area contributed by atoms with Crippen molar-refractivity contribution >= 4 is 0 Å². The van der Waals surface area contributed by atoms with Gasteiger partial charge in [-0.2, -0.15) is 0 Å². The predicted octanol–water partition coefficient (Wildman–Crippen LogP) is 1.67. The van der Waals surface area contributed by atoms with Crippen LogP contribution in [0.3, 0.4) is 0 Å². The molecule has 13 heavy (non-hydrogen) atoms. The molecule has 0 aliphatic rings. The van der Waals surface area contributed by atoms with E-state index in [-0.39, 0.29) is 0 Å². The highest BCUT2D eigenvalue weighted by molar-refractivity contribution is 5.29. The molecular weight excluding hydrogens is 164 g/mol. The summed E-state index contributed by atoms with van der Waals surface area (Å²) in [6, 6.07) is 7.49. The van der Waals surface area contributed by atoms with Crippen LogP contribution in [0.1, 0.15) is 31.1 Å². The molecule has 2 unspecified atom stereocenters. The van der Waals surface area contributed by atoms with Gasteiger partial charge in [-0.15, -0.1) is 0 Å². The third-order valence-corrected chi connectivity index (χ3v) is 1.85. The van der Waals surface area contributed by atoms with Crippen LogP contribution in [0.25, 0.3) is 0 Å². The highest BCUT2D eigenvalue weighted by Gasteiger charge is 2.02. The summed E-state index contributed by atoms with van der Waals surface area (Å²) in [4.78, 5) is 0. The Kier molecular flexibility index (Phi) is 3.46. The maximum Gasteiger partial charge on any atom is 0.0761 e. The summed E-state index contributed by atoms with van der Waals surface area (Å²) in [6.07, 6.45) is 0.893. The monoisotopic (exact) mass is 179 g/mol. The Morgan fingerprint density at radius 1 is 1.08 bits per heavy atom. The van der Waals surface area contributed by atoms with Gasteiger partial charge in [-0.3, -0.25) is 0 Å². The average molecular weight is 179 g/mol. The van der Waals surface area contributed by atoms with Gasteiger partial charge >= 0.3 is 0 Å². The van der Waals surface area contributed by atoms with Crippen LogP contribution in [0.5, 0.6) is 0 Å². The van der Waals surface area contributed by atoms with Crippen LogP contribution in [0, 0.1) is 6.42 Å². The van der Waals surface area contributed by atoms with Gasteiger partial charge in [-0.05, 0) is 25.0 Å². The molecule has 0 saturated carbocycles. The molecule has 0 aliphatic carbocycles. The molecule has 2 heteroatoms. The highest BCUT2D eigenvalue weighted by atomic mass is 16.3. The van der Waals surface area contributed by atoms with E-state index in [0.717, 1.165) is 11.1 Å². The molecule has 0 bridgehead atoms. The molecule has 1 radical (unpaired) electrons. The zero-order valence-corrected chi connectivity index (χ0v) is 7.94. The summed E-state index contributed by atoms with van der Waals surface area (Å²) in [7, 11) is 0. The second-order valence-corrected chi connectivity index (χ2v) is 3.25. The van der Waals surface area contributed by atoms with Crippen LogP contribution in [0.15, 0.2) is 24.3 Å². The van der Waals surface area contributed by atoms with Crippen molar-refractivity contribution in [2.24, 2.45) is 0 Å². The Bertz CT molecular complexity index is 249. The summed E-state index contributed by atoms with van der Waals surface area (Å²) < 4.78 is 0. The standard InChI is InChI=1S/C11H15O2/c1-8(12)7-10-3-5-11(6-4-10)9(2)13/h3-9,12-13H,1-2H3. The summed E-state index contributed by atoms with van der Waals surface area (Å²) >= 11 is 0. The molecule has 1 aromatic rings. The number of rotatable bonds is 3. The molecule has 0 heterocycles. The maximum absolute atomic E-state index is 9.24. The van der Waals surface area contributed by atoms with Crippen LogP contribution >= 0.6 is 0 Å². The number of hydrogen-bond acceptors (Lipinski definition) is 2. The number of aliphatic hydroxyl groups is 2. The minimum Gasteiger partial charge on any atom is -0.393 e. The predicted molar refractivity (Wildman–Crippen MR) is 52.2 cm³/mol. The van der Waals surface area contributed by atoms with E-state index < -0.39 is 12.2 Å². The zero-order chi connectivity index (χ0) is 9.84. The van der Waals surface area contributed by atoms with Crippen LogP contribution in [0.2, 0.25) is 0 Å². The Labute approximate surface area is 78.8 Å². The molecule has 2 N–H and O–H groups in total. The van der Waals surface area contributed by atoms with E-state index in [9.17, 15) is 5.11 Å². The highest BCUT2D eigenvalue weighted by Crippen LogP contribution is 2.14. The van der Waals surface area contributed by atoms with Crippen molar-refractivity contribution < 1.29 is 10.2 Å². The van der Waals surface area contributed by atoms with Crippen molar-refractivity contribution in [2.75, 3.05) is 0 Å². The van der Waals surface area contributed by atoms with E-state index in [1.54, 1.807) is 20.3 Å². The second kappa shape index (κ2) is 4.40. The Hall–Kier alpha value is -0.860. The van der Waals surface area contributed by atoms with Crippen LogP contribution < -0.4 is 0 Å². The molecule has 0 spiro atoms. The largest absolute Gasteiger partial charge is 0.393 e. The van der Waals surface area contributed by atoms with Crippen molar-refractivity contribution in [1.29, 1.82) is 0 Å². The molecule has 0 aliphatic heterocycles. The fraction of sp³-hybridized carbons (Fsp3) is 0.364. The van der Waals surface area contributed by atoms with Gasteiger partial charge < -0.3 is 10.2 Å². The van der Waals surface area contributed by atoms with Gasteiger partial charge in [0, 0.05) is 6.42 Å². The number of aliphatic hydroxyl groups excluding tert-OH is 2. The van der Waals surface area contributed by atoms with Gasteiger partial charge in [0.2, 0.25) is 0 Å². The Morgan fingerprint density at radius 3 is 2.00 bits per heavy atom. The maximum atomic E-state index is 9.24. The first-order valence-electron chi connectivity index (χ1n) is 4.40. The van der Waals surface area contributed by atoms with Crippen molar-refractivity contribution in [3.8, 4) is 0 Å². The topological polar surface area (TPSA) is 40.5 Å². The summed E-state index contributed by atoms with van der Waals surface area (Å²) in [5.74, 6) is 0. The normalized spacial score (nSPS) is 15.4. The van der Waals surface area contributed by atoms with Crippen molar-refractivity contribution in [1.82, 2.24) is 0 Å². The van der Waals surface area contributed by atoms with Gasteiger partial charge in [0.15, 0.2) is 0 Å². The minimum absolute atomic E-state index is 0.430. The van der Waals surface area contributed by atoms with E-state index in [1.165, 1.54) is 0 Å². The average Bonchev–Trinajstić information content (AvgIpc) is 2.04. The van der Waals surface area contributed by atoms with E-state index in [1.807, 2.05) is 24.3 Å². The third-order valence-electron chi connectivity index (χ3n) is 1.85. The van der Waals surface area contributed by atoms with Crippen LogP contribution in [-0.4, -0.2) is 16.3 Å². The Morgan fingerprint density at radius 2 is 1.62 bits per heavy atom. The molecule has 0 amide bonds. The van der Waals surface area contributed by atoms with Crippen LogP contribution in [0.4, 0.5) is 0 Å². The van der Waals surface area contributed by atoms with E-state index >= 15 is 0 Å². The van der Waals surface area contributed by atoms with E-state index in [0.29, 0.717) is 0 Å². The zero-order valence-electron chi connectivity index (χ0n) is 7.94. The smallest absolute Gasteiger partial charge is 0.0761 e. The van der Waals surface area contributed by atoms with Gasteiger partial charge in [0.1, 0.15) is 0 Å². The van der Waals surface area contributed by atoms with E-state index in [2.05, 4.69) is 0 Å². The summed E-state index contributed by atoms with van der Waals surface area (Å²) in [6.45, 7) is 3.44. The summed E-state index contributed by atoms with van der Waals surface area (Å²) in [5.41, 5.74) is 1.86. The fourth-order valence-corrected chi connectivity index (χ4v) is 1.16. The minimum atomic E-state index is -0.433. The fourth-order valence-electron chi connectivity index (χ4n) is 1.16. The number of benzene rings is 1. The van der Waals surface area contributed by atoms with Crippen molar-refractivity contribution in [3.63, 3.8) is 0 Å². The van der Waals surface area contributed by atoms with Crippen molar-refractivity contribution in [3.05, 3.63) is 41.8 Å². The van der Waals surface area contributed by atoms with Gasteiger partial charge in [0.05, 0.1) is 12.2 Å². The lowest BCUT2D eigenvalue weighted by Gasteiger charge is -2.07. The molecular formula is C11H15O2. The molecule has 71 valence electrons. The first-order chi connectivity index (χ1) is 6.09. The van der Waals surface area contributed by atoms with Gasteiger partial charge in [-0.25, -0.2) is 0 Å². The lowest BCUT2D eigenvalue weighted by Crippen LogP contribution is -2.01. The molecule has 0 aromatic heterocycles. The van der Waals surface area contributed by atoms with E-state index in [4.69, 9.17) is 5.11 Å². The van der Waals surface area contributed by atoms with Gasteiger partial charge in [-0.1, -0.05) is 24.3 Å². The molecule has 0 saturated heterocycles. The first-order valence-corrected chi connectivity index (χ1v) is 4.40. The Balaban J connectivity index is 2.70. The number of hydrogen-bond donors (Lipinski definition) is 2. The molecule has 1 aromatic carbocycles. The summed E-state index contributed by atoms with van der Waals surface area (Å²) in [5, 5.41) is 18.3. The lowest BCUT2D eigenvalue weighted by atomic mass is 10.0. The van der Waals surface area contributed by atoms with Gasteiger partial charge in [0.25, 0.3) is 0 Å². The molecule has 2 atom stereocenters. The van der Waals surface area contributed by atoms with Crippen LogP contribution in [-0.2, 0) is 0 Å². The first kappa shape index (κ1) is 10.2. The lowest BCUT2D eigenvalue weighted by molar-refractivity contribution is 0.199. The molecule has 1 rings (SSSR count). The van der Waals surface area contributed by atoms with Crippen molar-refractivity contribution in [2.45, 2.75) is 26.1 Å². The SMILES string of the molecule is CC(O)[CH]c1ccc(C(C)O)cc1. The molecule has 0 fully saturated rings. The molecule has 2 nitrogen and oxygen atoms in total. The second-order valence-electron chi connectivity index (χ2n) is 3.25. The third kappa shape index (κ3) is 3.17.